The molecule has 0 radical (unpaired) electrons. The normalized spacial score (nSPS) is 12.5. The van der Waals surface area contributed by atoms with Crippen molar-refractivity contribution in [3.05, 3.63) is 83.7 Å². The van der Waals surface area contributed by atoms with Crippen LogP contribution in [0, 0.1) is 0 Å². The summed E-state index contributed by atoms with van der Waals surface area (Å²) in [4.78, 5) is 22.6. The molecular weight excluding hydrogens is 388 g/mol. The zero-order valence-corrected chi connectivity index (χ0v) is 17.8. The first kappa shape index (κ1) is 20.6. The third kappa shape index (κ3) is 4.74. The van der Waals surface area contributed by atoms with Crippen LogP contribution in [0.25, 0.3) is 17.2 Å². The third-order valence-electron chi connectivity index (χ3n) is 5.29. The Hall–Kier alpha value is -3.67. The molecule has 1 heterocycles. The first-order chi connectivity index (χ1) is 15.1. The second-order valence-electron chi connectivity index (χ2n) is 7.65. The quantitative estimate of drug-likeness (QED) is 0.577. The van der Waals surface area contributed by atoms with Crippen LogP contribution in [-0.4, -0.2) is 43.3 Å². The largest absolute Gasteiger partial charge is 0.449 e. The van der Waals surface area contributed by atoms with Gasteiger partial charge in [-0.2, -0.15) is 0 Å². The number of anilines is 1. The van der Waals surface area contributed by atoms with Gasteiger partial charge in [-0.1, -0.05) is 60.7 Å². The lowest BCUT2D eigenvalue weighted by molar-refractivity contribution is 0.143. The first-order valence-corrected chi connectivity index (χ1v) is 10.4. The summed E-state index contributed by atoms with van der Waals surface area (Å²) in [6.07, 6.45) is 7.78. The van der Waals surface area contributed by atoms with Gasteiger partial charge in [-0.25, -0.2) is 14.8 Å². The van der Waals surface area contributed by atoms with Gasteiger partial charge in [0.2, 0.25) is 5.95 Å². The zero-order valence-electron chi connectivity index (χ0n) is 17.8. The minimum Gasteiger partial charge on any atom is -0.449 e. The Morgan fingerprint density at radius 3 is 2.26 bits per heavy atom. The highest BCUT2D eigenvalue weighted by Gasteiger charge is 2.28. The number of carbonyl (C=O) groups excluding carboxylic acids is 1. The van der Waals surface area contributed by atoms with E-state index < -0.39 is 6.09 Å². The predicted octanol–water partition coefficient (Wildman–Crippen LogP) is 4.48. The van der Waals surface area contributed by atoms with Crippen LogP contribution < -0.4 is 10.2 Å². The molecule has 0 bridgehead atoms. The zero-order chi connectivity index (χ0) is 21.6. The summed E-state index contributed by atoms with van der Waals surface area (Å²) in [6, 6.07) is 16.6. The average molecular weight is 415 g/mol. The fraction of sp³-hybridized carbons (Fsp3) is 0.240. The van der Waals surface area contributed by atoms with E-state index in [-0.39, 0.29) is 5.92 Å². The van der Waals surface area contributed by atoms with Crippen molar-refractivity contribution in [2.75, 3.05) is 32.1 Å². The molecule has 2 aromatic carbocycles. The van der Waals surface area contributed by atoms with Crippen LogP contribution in [0.1, 0.15) is 29.0 Å². The molecule has 0 saturated carbocycles. The molecule has 1 N–H and O–H groups in total. The molecule has 0 aliphatic heterocycles. The number of nitrogens with zero attached hydrogens (tertiary/aromatic N) is 3. The highest BCUT2D eigenvalue weighted by Crippen LogP contribution is 2.44. The Morgan fingerprint density at radius 1 is 1.03 bits per heavy atom. The minimum atomic E-state index is -0.395. The molecule has 0 atom stereocenters. The van der Waals surface area contributed by atoms with Crippen molar-refractivity contribution < 1.29 is 9.53 Å². The number of benzene rings is 2. The van der Waals surface area contributed by atoms with Crippen LogP contribution in [-0.2, 0) is 4.74 Å². The van der Waals surface area contributed by atoms with Gasteiger partial charge >= 0.3 is 6.09 Å². The summed E-state index contributed by atoms with van der Waals surface area (Å²) in [6.45, 7) is 0.828. The maximum atomic E-state index is 12.2. The third-order valence-corrected chi connectivity index (χ3v) is 5.29. The summed E-state index contributed by atoms with van der Waals surface area (Å²) in [5.41, 5.74) is 5.79. The Bertz CT molecular complexity index is 1030. The molecule has 158 valence electrons. The number of aromatic nitrogens is 2. The van der Waals surface area contributed by atoms with Crippen LogP contribution in [0.15, 0.2) is 67.0 Å². The highest BCUT2D eigenvalue weighted by atomic mass is 16.5. The second-order valence-corrected chi connectivity index (χ2v) is 7.65. The fourth-order valence-corrected chi connectivity index (χ4v) is 3.77. The van der Waals surface area contributed by atoms with E-state index in [1.165, 1.54) is 22.3 Å². The van der Waals surface area contributed by atoms with Crippen molar-refractivity contribution in [2.24, 2.45) is 0 Å². The maximum Gasteiger partial charge on any atom is 0.407 e. The van der Waals surface area contributed by atoms with Crippen molar-refractivity contribution in [3.63, 3.8) is 0 Å². The van der Waals surface area contributed by atoms with Gasteiger partial charge in [0.15, 0.2) is 0 Å². The van der Waals surface area contributed by atoms with Gasteiger partial charge in [-0.05, 0) is 28.7 Å². The van der Waals surface area contributed by atoms with Gasteiger partial charge < -0.3 is 15.0 Å². The molecule has 4 rings (SSSR count). The maximum absolute atomic E-state index is 12.2. The molecule has 6 nitrogen and oxygen atoms in total. The molecule has 1 aliphatic carbocycles. The predicted molar refractivity (Wildman–Crippen MR) is 123 cm³/mol. The van der Waals surface area contributed by atoms with Gasteiger partial charge in [0, 0.05) is 44.5 Å². The van der Waals surface area contributed by atoms with Gasteiger partial charge in [0.25, 0.3) is 0 Å². The lowest BCUT2D eigenvalue weighted by Crippen LogP contribution is -2.26. The number of hydrogen-bond acceptors (Lipinski definition) is 5. The first-order valence-electron chi connectivity index (χ1n) is 10.4. The molecule has 1 aliphatic rings. The van der Waals surface area contributed by atoms with E-state index in [1.54, 1.807) is 12.4 Å². The van der Waals surface area contributed by atoms with Crippen LogP contribution in [0.4, 0.5) is 10.7 Å². The average Bonchev–Trinajstić information content (AvgIpc) is 3.11. The summed E-state index contributed by atoms with van der Waals surface area (Å²) in [5.74, 6) is 0.747. The smallest absolute Gasteiger partial charge is 0.407 e. The van der Waals surface area contributed by atoms with Crippen molar-refractivity contribution in [2.45, 2.75) is 12.3 Å². The molecule has 6 heteroatoms. The molecule has 3 aromatic rings. The number of amides is 1. The summed E-state index contributed by atoms with van der Waals surface area (Å²) in [7, 11) is 3.81. The van der Waals surface area contributed by atoms with Crippen LogP contribution in [0.3, 0.4) is 0 Å². The molecule has 0 saturated heterocycles. The standard InChI is InChI=1S/C25H26N4O2/c1-29(2)24-27-15-18(16-28-24)9-7-8-14-26-25(30)31-17-23-21-12-5-3-10-19(21)20-11-4-6-13-22(20)23/h3-7,9-13,15-16,23H,8,14,17H2,1-2H3,(H,26,30). The summed E-state index contributed by atoms with van der Waals surface area (Å²) < 4.78 is 5.54. The number of rotatable bonds is 7. The van der Waals surface area contributed by atoms with Crippen LogP contribution in [0.5, 0.6) is 0 Å². The van der Waals surface area contributed by atoms with Crippen molar-refractivity contribution in [1.29, 1.82) is 0 Å². The molecule has 0 spiro atoms. The minimum absolute atomic E-state index is 0.0724. The Labute approximate surface area is 182 Å². The highest BCUT2D eigenvalue weighted by molar-refractivity contribution is 5.79. The molecular formula is C25H26N4O2. The van der Waals surface area contributed by atoms with Gasteiger partial charge in [-0.3, -0.25) is 0 Å². The van der Waals surface area contributed by atoms with E-state index in [1.807, 2.05) is 55.4 Å². The van der Waals surface area contributed by atoms with Crippen molar-refractivity contribution >= 4 is 18.1 Å². The number of nitrogens with one attached hydrogen (secondary N) is 1. The number of carbonyl (C=O) groups is 1. The van der Waals surface area contributed by atoms with Gasteiger partial charge in [0.05, 0.1) is 0 Å². The van der Waals surface area contributed by atoms with Crippen LogP contribution in [0.2, 0.25) is 0 Å². The molecule has 1 amide bonds. The number of fused-ring (bicyclic) bond motifs is 3. The van der Waals surface area contributed by atoms with E-state index >= 15 is 0 Å². The summed E-state index contributed by atoms with van der Waals surface area (Å²) in [5, 5.41) is 2.81. The number of ether oxygens (including phenoxy) is 1. The fourth-order valence-electron chi connectivity index (χ4n) is 3.77. The lowest BCUT2D eigenvalue weighted by atomic mass is 9.98. The number of hydrogen-bond donors (Lipinski definition) is 1. The monoisotopic (exact) mass is 414 g/mol. The summed E-state index contributed by atoms with van der Waals surface area (Å²) >= 11 is 0. The number of alkyl carbamates (subject to hydrolysis) is 1. The van der Waals surface area contributed by atoms with Crippen molar-refractivity contribution in [3.8, 4) is 11.1 Å². The van der Waals surface area contributed by atoms with E-state index in [2.05, 4.69) is 39.6 Å². The lowest BCUT2D eigenvalue weighted by Gasteiger charge is -2.14. The van der Waals surface area contributed by atoms with Gasteiger partial charge in [-0.15, -0.1) is 0 Å². The SMILES string of the molecule is CN(C)c1ncc(C=CCCNC(=O)OCC2c3ccccc3-c3ccccc32)cn1. The molecule has 1 aromatic heterocycles. The van der Waals surface area contributed by atoms with E-state index in [9.17, 15) is 4.79 Å². The van der Waals surface area contributed by atoms with Gasteiger partial charge in [0.1, 0.15) is 6.61 Å². The van der Waals surface area contributed by atoms with E-state index in [4.69, 9.17) is 4.74 Å². The van der Waals surface area contributed by atoms with Crippen LogP contribution >= 0.6 is 0 Å². The topological polar surface area (TPSA) is 67.4 Å². The van der Waals surface area contributed by atoms with Crippen molar-refractivity contribution in [1.82, 2.24) is 15.3 Å². The molecule has 0 fully saturated rings. The molecule has 0 unspecified atom stereocenters. The second kappa shape index (κ2) is 9.43. The Kier molecular flexibility index (Phi) is 6.26. The Morgan fingerprint density at radius 2 is 1.65 bits per heavy atom. The Balaban J connectivity index is 1.25. The van der Waals surface area contributed by atoms with E-state index in [0.717, 1.165) is 5.56 Å². The molecule has 31 heavy (non-hydrogen) atoms. The van der Waals surface area contributed by atoms with E-state index in [0.29, 0.717) is 25.5 Å².